The van der Waals surface area contributed by atoms with Gasteiger partial charge in [0.25, 0.3) is 0 Å². The SMILES string of the molecule is c1ccc(C2=NC(c3ccc(-c4ccc(-c5ccccn5)cc4)cc3)C(c3ccccc3)=C(c3ccccc3)N2)cc1. The first-order valence-corrected chi connectivity index (χ1v) is 14.2. The van der Waals surface area contributed by atoms with E-state index in [1.54, 1.807) is 0 Å². The van der Waals surface area contributed by atoms with E-state index in [1.807, 2.05) is 30.5 Å². The third kappa shape index (κ3) is 5.16. The lowest BCUT2D eigenvalue weighted by atomic mass is 9.87. The van der Waals surface area contributed by atoms with Gasteiger partial charge in [-0.1, -0.05) is 146 Å². The van der Waals surface area contributed by atoms with E-state index in [4.69, 9.17) is 4.99 Å². The maximum Gasteiger partial charge on any atom is 0.133 e. The van der Waals surface area contributed by atoms with Crippen LogP contribution in [0.4, 0.5) is 0 Å². The molecule has 6 aromatic rings. The van der Waals surface area contributed by atoms with Crippen LogP contribution in [0.3, 0.4) is 0 Å². The highest BCUT2D eigenvalue weighted by Gasteiger charge is 2.28. The maximum atomic E-state index is 5.34. The first-order valence-electron chi connectivity index (χ1n) is 14.2. The van der Waals surface area contributed by atoms with Gasteiger partial charge < -0.3 is 5.32 Å². The van der Waals surface area contributed by atoms with Crippen LogP contribution in [0, 0.1) is 0 Å². The number of rotatable bonds is 6. The van der Waals surface area contributed by atoms with Gasteiger partial charge in [-0.05, 0) is 39.9 Å². The number of benzene rings is 5. The topological polar surface area (TPSA) is 37.3 Å². The van der Waals surface area contributed by atoms with Crippen molar-refractivity contribution in [2.24, 2.45) is 4.99 Å². The highest BCUT2D eigenvalue weighted by molar-refractivity contribution is 6.10. The summed E-state index contributed by atoms with van der Waals surface area (Å²) in [5.74, 6) is 0.869. The molecule has 1 atom stereocenters. The first kappa shape index (κ1) is 25.4. The van der Waals surface area contributed by atoms with Gasteiger partial charge >= 0.3 is 0 Å². The third-order valence-corrected chi connectivity index (χ3v) is 7.64. The van der Waals surface area contributed by atoms with Gasteiger partial charge in [-0.2, -0.15) is 0 Å². The third-order valence-electron chi connectivity index (χ3n) is 7.64. The summed E-state index contributed by atoms with van der Waals surface area (Å²) in [7, 11) is 0. The molecule has 0 radical (unpaired) electrons. The number of pyridine rings is 1. The fourth-order valence-corrected chi connectivity index (χ4v) is 5.51. The van der Waals surface area contributed by atoms with Gasteiger partial charge in [0.2, 0.25) is 0 Å². The van der Waals surface area contributed by atoms with Crippen molar-refractivity contribution in [1.82, 2.24) is 10.3 Å². The molecule has 1 unspecified atom stereocenters. The van der Waals surface area contributed by atoms with Crippen molar-refractivity contribution < 1.29 is 0 Å². The normalized spacial score (nSPS) is 14.7. The maximum absolute atomic E-state index is 5.34. The van der Waals surface area contributed by atoms with E-state index in [1.165, 1.54) is 11.1 Å². The summed E-state index contributed by atoms with van der Waals surface area (Å²) in [6.07, 6.45) is 1.83. The van der Waals surface area contributed by atoms with E-state index in [-0.39, 0.29) is 6.04 Å². The van der Waals surface area contributed by atoms with Gasteiger partial charge in [0.15, 0.2) is 0 Å². The minimum Gasteiger partial charge on any atom is -0.339 e. The summed E-state index contributed by atoms with van der Waals surface area (Å²) < 4.78 is 0. The van der Waals surface area contributed by atoms with Crippen molar-refractivity contribution in [3.63, 3.8) is 0 Å². The van der Waals surface area contributed by atoms with E-state index >= 15 is 0 Å². The lowest BCUT2D eigenvalue weighted by Crippen LogP contribution is -2.29. The average molecular weight is 540 g/mol. The Morgan fingerprint density at radius 2 is 0.952 bits per heavy atom. The molecular weight excluding hydrogens is 510 g/mol. The van der Waals surface area contributed by atoms with Gasteiger partial charge in [-0.15, -0.1) is 0 Å². The fraction of sp³-hybridized carbons (Fsp3) is 0.0256. The van der Waals surface area contributed by atoms with Crippen LogP contribution in [0.5, 0.6) is 0 Å². The van der Waals surface area contributed by atoms with Crippen LogP contribution < -0.4 is 5.32 Å². The summed E-state index contributed by atoms with van der Waals surface area (Å²) in [6, 6.07) is 54.8. The molecule has 0 spiro atoms. The van der Waals surface area contributed by atoms with E-state index < -0.39 is 0 Å². The first-order chi connectivity index (χ1) is 20.8. The van der Waals surface area contributed by atoms with Gasteiger partial charge in [0.1, 0.15) is 11.9 Å². The Hall–Kier alpha value is -5.54. The van der Waals surface area contributed by atoms with Gasteiger partial charge in [-0.3, -0.25) is 9.98 Å². The Kier molecular flexibility index (Phi) is 6.97. The van der Waals surface area contributed by atoms with Crippen molar-refractivity contribution in [3.05, 3.63) is 186 Å². The lowest BCUT2D eigenvalue weighted by molar-refractivity contribution is 0.901. The van der Waals surface area contributed by atoms with Crippen LogP contribution in [-0.2, 0) is 0 Å². The van der Waals surface area contributed by atoms with E-state index in [2.05, 4.69) is 144 Å². The summed E-state index contributed by atoms with van der Waals surface area (Å²) in [5.41, 5.74) is 11.2. The number of nitrogens with zero attached hydrogens (tertiary/aromatic N) is 2. The van der Waals surface area contributed by atoms with Gasteiger partial charge in [-0.25, -0.2) is 0 Å². The van der Waals surface area contributed by atoms with Crippen molar-refractivity contribution in [2.45, 2.75) is 6.04 Å². The Balaban J connectivity index is 1.31. The number of hydrogen-bond acceptors (Lipinski definition) is 3. The molecule has 1 aliphatic heterocycles. The summed E-state index contributed by atoms with van der Waals surface area (Å²) >= 11 is 0. The number of amidine groups is 1. The second-order valence-electron chi connectivity index (χ2n) is 10.3. The number of aromatic nitrogens is 1. The molecule has 0 amide bonds. The van der Waals surface area contributed by atoms with E-state index in [9.17, 15) is 0 Å². The zero-order valence-corrected chi connectivity index (χ0v) is 23.1. The molecular formula is C39H29N3. The van der Waals surface area contributed by atoms with Crippen molar-refractivity contribution >= 4 is 17.1 Å². The molecule has 3 nitrogen and oxygen atoms in total. The molecule has 2 heterocycles. The largest absolute Gasteiger partial charge is 0.339 e. The van der Waals surface area contributed by atoms with Gasteiger partial charge in [0.05, 0.1) is 11.4 Å². The minimum absolute atomic E-state index is 0.181. The predicted molar refractivity (Wildman–Crippen MR) is 174 cm³/mol. The second-order valence-corrected chi connectivity index (χ2v) is 10.3. The molecule has 200 valence electrons. The van der Waals surface area contributed by atoms with Crippen molar-refractivity contribution in [2.75, 3.05) is 0 Å². The van der Waals surface area contributed by atoms with Crippen LogP contribution >= 0.6 is 0 Å². The summed E-state index contributed by atoms with van der Waals surface area (Å²) in [6.45, 7) is 0. The second kappa shape index (κ2) is 11.5. The van der Waals surface area contributed by atoms with Crippen LogP contribution in [0.15, 0.2) is 169 Å². The Morgan fingerprint density at radius 1 is 0.429 bits per heavy atom. The zero-order chi connectivity index (χ0) is 28.1. The summed E-state index contributed by atoms with van der Waals surface area (Å²) in [5, 5.41) is 3.71. The quantitative estimate of drug-likeness (QED) is 0.229. The highest BCUT2D eigenvalue weighted by atomic mass is 15.1. The zero-order valence-electron chi connectivity index (χ0n) is 23.1. The van der Waals surface area contributed by atoms with Crippen LogP contribution in [0.2, 0.25) is 0 Å². The number of aliphatic imine (C=N–C) groups is 1. The molecule has 7 rings (SSSR count). The molecule has 1 aliphatic rings. The molecule has 42 heavy (non-hydrogen) atoms. The molecule has 3 heteroatoms. The van der Waals surface area contributed by atoms with E-state index in [0.717, 1.165) is 50.6 Å². The Labute approximate surface area is 246 Å². The monoisotopic (exact) mass is 539 g/mol. The molecule has 0 saturated carbocycles. The fourth-order valence-electron chi connectivity index (χ4n) is 5.51. The average Bonchev–Trinajstić information content (AvgIpc) is 3.09. The smallest absolute Gasteiger partial charge is 0.133 e. The molecule has 5 aromatic carbocycles. The summed E-state index contributed by atoms with van der Waals surface area (Å²) in [4.78, 5) is 9.83. The van der Waals surface area contributed by atoms with Crippen molar-refractivity contribution in [3.8, 4) is 22.4 Å². The predicted octanol–water partition coefficient (Wildman–Crippen LogP) is 9.08. The molecule has 1 aromatic heterocycles. The lowest BCUT2D eigenvalue weighted by Gasteiger charge is -2.30. The Bertz CT molecular complexity index is 1840. The van der Waals surface area contributed by atoms with E-state index in [0.29, 0.717) is 0 Å². The number of nitrogens with one attached hydrogen (secondary N) is 1. The minimum atomic E-state index is -0.181. The van der Waals surface area contributed by atoms with Crippen LogP contribution in [0.1, 0.15) is 28.3 Å². The van der Waals surface area contributed by atoms with Crippen molar-refractivity contribution in [1.29, 1.82) is 0 Å². The molecule has 0 aliphatic carbocycles. The molecule has 0 saturated heterocycles. The van der Waals surface area contributed by atoms with Crippen LogP contribution in [0.25, 0.3) is 33.7 Å². The Morgan fingerprint density at radius 3 is 1.55 bits per heavy atom. The molecule has 0 bridgehead atoms. The molecule has 0 fully saturated rings. The molecule has 1 N–H and O–H groups in total. The standard InChI is InChI=1S/C39H29N3/c1-4-12-31(13-5-1)36-37(32-14-6-2-7-15-32)41-39(34-16-8-3-9-17-34)42-38(36)33-25-21-29(22-26-33)28-19-23-30(24-20-28)35-18-10-11-27-40-35/h1-27,38H,(H,41,42). The highest BCUT2D eigenvalue weighted by Crippen LogP contribution is 2.41. The van der Waals surface area contributed by atoms with Gasteiger partial charge in [0, 0.05) is 22.9 Å². The number of hydrogen-bond donors (Lipinski definition) is 1. The van der Waals surface area contributed by atoms with Crippen LogP contribution in [-0.4, -0.2) is 10.8 Å².